The molecule has 0 aliphatic heterocycles. The molecule has 0 amide bonds. The van der Waals surface area contributed by atoms with Crippen molar-refractivity contribution in [3.63, 3.8) is 0 Å². The van der Waals surface area contributed by atoms with E-state index in [0.29, 0.717) is 16.5 Å². The normalized spacial score (nSPS) is 22.8. The minimum absolute atomic E-state index is 0.0732. The van der Waals surface area contributed by atoms with Crippen LogP contribution in [-0.2, 0) is 0 Å². The first-order valence-electron chi connectivity index (χ1n) is 6.96. The molecule has 0 spiro atoms. The number of aryl methyl sites for hydroxylation is 1. The van der Waals surface area contributed by atoms with Gasteiger partial charge < -0.3 is 9.67 Å². The second kappa shape index (κ2) is 6.04. The summed E-state index contributed by atoms with van der Waals surface area (Å²) in [6.07, 6.45) is 6.40. The van der Waals surface area contributed by atoms with Gasteiger partial charge in [-0.3, -0.25) is 4.79 Å². The number of carbonyl (C=O) groups is 1. The molecule has 2 unspecified atom stereocenters. The summed E-state index contributed by atoms with van der Waals surface area (Å²) in [6, 6.07) is 1.58. The van der Waals surface area contributed by atoms with Crippen molar-refractivity contribution in [1.29, 1.82) is 0 Å². The summed E-state index contributed by atoms with van der Waals surface area (Å²) >= 11 is 1.78. The standard InChI is InChI=1S/C15H21NO3S/c1-9-8-13(17)16(10(2)14(9)15(18)19)11-6-4-5-7-12(11)20-3/h8,11-12H,4-7H2,1-3H3,(H,18,19). The van der Waals surface area contributed by atoms with Crippen LogP contribution in [0.15, 0.2) is 10.9 Å². The van der Waals surface area contributed by atoms with Gasteiger partial charge in [-0.1, -0.05) is 12.8 Å². The Morgan fingerprint density at radius 3 is 2.60 bits per heavy atom. The van der Waals surface area contributed by atoms with Gasteiger partial charge in [-0.25, -0.2) is 4.79 Å². The SMILES string of the molecule is CSC1CCCCC1n1c(C)c(C(=O)O)c(C)cc1=O. The van der Waals surface area contributed by atoms with Gasteiger partial charge in [0.15, 0.2) is 0 Å². The first-order valence-corrected chi connectivity index (χ1v) is 8.25. The van der Waals surface area contributed by atoms with Gasteiger partial charge in [0.05, 0.1) is 5.56 Å². The monoisotopic (exact) mass is 295 g/mol. The van der Waals surface area contributed by atoms with E-state index in [1.165, 1.54) is 12.5 Å². The molecule has 0 aromatic carbocycles. The highest BCUT2D eigenvalue weighted by Crippen LogP contribution is 2.36. The number of hydrogen-bond acceptors (Lipinski definition) is 3. The molecule has 1 N–H and O–H groups in total. The summed E-state index contributed by atoms with van der Waals surface area (Å²) < 4.78 is 1.72. The Balaban J connectivity index is 2.58. The molecule has 0 bridgehead atoms. The number of carboxylic acid groups (broad SMARTS) is 1. The zero-order valence-corrected chi connectivity index (χ0v) is 13.0. The van der Waals surface area contributed by atoms with Crippen molar-refractivity contribution in [2.75, 3.05) is 6.26 Å². The summed E-state index contributed by atoms with van der Waals surface area (Å²) in [7, 11) is 0. The lowest BCUT2D eigenvalue weighted by molar-refractivity contribution is 0.0693. The molecule has 2 atom stereocenters. The quantitative estimate of drug-likeness (QED) is 0.931. The number of pyridine rings is 1. The van der Waals surface area contributed by atoms with Crippen LogP contribution in [0.25, 0.3) is 0 Å². The number of thioether (sulfide) groups is 1. The molecule has 1 aromatic heterocycles. The Hall–Kier alpha value is -1.23. The summed E-state index contributed by atoms with van der Waals surface area (Å²) in [6.45, 7) is 3.44. The van der Waals surface area contributed by atoms with Gasteiger partial charge in [0.1, 0.15) is 0 Å². The van der Waals surface area contributed by atoms with E-state index >= 15 is 0 Å². The molecule has 0 radical (unpaired) electrons. The van der Waals surface area contributed by atoms with Crippen LogP contribution in [0.3, 0.4) is 0 Å². The van der Waals surface area contributed by atoms with E-state index in [9.17, 15) is 14.7 Å². The number of carboxylic acids is 1. The zero-order valence-electron chi connectivity index (χ0n) is 12.2. The highest BCUT2D eigenvalue weighted by atomic mass is 32.2. The molecule has 0 saturated heterocycles. The van der Waals surface area contributed by atoms with E-state index in [1.807, 2.05) is 0 Å². The van der Waals surface area contributed by atoms with Gasteiger partial charge in [-0.15, -0.1) is 0 Å². The van der Waals surface area contributed by atoms with Crippen molar-refractivity contribution in [3.8, 4) is 0 Å². The van der Waals surface area contributed by atoms with Gasteiger partial charge in [-0.2, -0.15) is 11.8 Å². The van der Waals surface area contributed by atoms with E-state index in [1.54, 1.807) is 30.2 Å². The molecule has 110 valence electrons. The minimum atomic E-state index is -0.953. The molecule has 1 fully saturated rings. The molecule has 1 aromatic rings. The van der Waals surface area contributed by atoms with Crippen LogP contribution < -0.4 is 5.56 Å². The largest absolute Gasteiger partial charge is 0.478 e. The molecule has 1 saturated carbocycles. The van der Waals surface area contributed by atoms with Crippen molar-refractivity contribution < 1.29 is 9.90 Å². The highest BCUT2D eigenvalue weighted by molar-refractivity contribution is 7.99. The molecule has 4 nitrogen and oxygen atoms in total. The van der Waals surface area contributed by atoms with Crippen molar-refractivity contribution in [1.82, 2.24) is 4.57 Å². The van der Waals surface area contributed by atoms with Crippen LogP contribution in [0.1, 0.15) is 53.3 Å². The fourth-order valence-corrected chi connectivity index (χ4v) is 4.26. The summed E-state index contributed by atoms with van der Waals surface area (Å²) in [5, 5.41) is 9.76. The summed E-state index contributed by atoms with van der Waals surface area (Å²) in [5.74, 6) is -0.953. The fourth-order valence-electron chi connectivity index (χ4n) is 3.28. The van der Waals surface area contributed by atoms with E-state index in [4.69, 9.17) is 0 Å². The second-order valence-electron chi connectivity index (χ2n) is 5.43. The van der Waals surface area contributed by atoms with Crippen molar-refractivity contribution in [3.05, 3.63) is 33.2 Å². The van der Waals surface area contributed by atoms with Crippen molar-refractivity contribution in [2.24, 2.45) is 0 Å². The van der Waals surface area contributed by atoms with Gasteiger partial charge in [0.2, 0.25) is 0 Å². The Morgan fingerprint density at radius 2 is 2.00 bits per heavy atom. The number of nitrogens with zero attached hydrogens (tertiary/aromatic N) is 1. The maximum Gasteiger partial charge on any atom is 0.337 e. The molecule has 2 rings (SSSR count). The van der Waals surface area contributed by atoms with Crippen LogP contribution in [0, 0.1) is 13.8 Å². The third kappa shape index (κ3) is 2.64. The Labute approximate surface area is 123 Å². The highest BCUT2D eigenvalue weighted by Gasteiger charge is 2.29. The lowest BCUT2D eigenvalue weighted by Gasteiger charge is -2.33. The first-order chi connectivity index (χ1) is 9.47. The Morgan fingerprint density at radius 1 is 1.35 bits per heavy atom. The molecule has 1 aliphatic carbocycles. The third-order valence-electron chi connectivity index (χ3n) is 4.21. The predicted octanol–water partition coefficient (Wildman–Crippen LogP) is 3.01. The number of aromatic nitrogens is 1. The Bertz CT molecular complexity index is 579. The van der Waals surface area contributed by atoms with E-state index < -0.39 is 5.97 Å². The van der Waals surface area contributed by atoms with Crippen LogP contribution in [0.4, 0.5) is 0 Å². The zero-order chi connectivity index (χ0) is 14.9. The topological polar surface area (TPSA) is 59.3 Å². The number of rotatable bonds is 3. The number of hydrogen-bond donors (Lipinski definition) is 1. The molecular formula is C15H21NO3S. The second-order valence-corrected chi connectivity index (χ2v) is 6.50. The maximum atomic E-state index is 12.4. The van der Waals surface area contributed by atoms with Crippen LogP contribution >= 0.6 is 11.8 Å². The number of aromatic carboxylic acids is 1. The van der Waals surface area contributed by atoms with Crippen LogP contribution in [-0.4, -0.2) is 27.1 Å². The average Bonchev–Trinajstić information content (AvgIpc) is 2.38. The summed E-state index contributed by atoms with van der Waals surface area (Å²) in [4.78, 5) is 23.8. The van der Waals surface area contributed by atoms with E-state index in [0.717, 1.165) is 19.3 Å². The van der Waals surface area contributed by atoms with Crippen molar-refractivity contribution in [2.45, 2.75) is 50.8 Å². The average molecular weight is 295 g/mol. The smallest absolute Gasteiger partial charge is 0.337 e. The van der Waals surface area contributed by atoms with Gasteiger partial charge in [-0.05, 0) is 38.5 Å². The third-order valence-corrected chi connectivity index (χ3v) is 5.37. The fraction of sp³-hybridized carbons (Fsp3) is 0.600. The predicted molar refractivity (Wildman–Crippen MR) is 81.9 cm³/mol. The van der Waals surface area contributed by atoms with Crippen molar-refractivity contribution >= 4 is 17.7 Å². The minimum Gasteiger partial charge on any atom is -0.478 e. The van der Waals surface area contributed by atoms with Crippen LogP contribution in [0.5, 0.6) is 0 Å². The van der Waals surface area contributed by atoms with Gasteiger partial charge in [0.25, 0.3) is 5.56 Å². The molecule has 1 heterocycles. The molecule has 1 aliphatic rings. The van der Waals surface area contributed by atoms with Gasteiger partial charge >= 0.3 is 5.97 Å². The first kappa shape index (κ1) is 15.2. The molecule has 5 heteroatoms. The maximum absolute atomic E-state index is 12.4. The lowest BCUT2D eigenvalue weighted by Crippen LogP contribution is -2.35. The van der Waals surface area contributed by atoms with Gasteiger partial charge in [0, 0.05) is 23.1 Å². The molecule has 20 heavy (non-hydrogen) atoms. The summed E-state index contributed by atoms with van der Waals surface area (Å²) in [5.41, 5.74) is 1.34. The Kier molecular flexibility index (Phi) is 4.58. The van der Waals surface area contributed by atoms with Crippen LogP contribution in [0.2, 0.25) is 0 Å². The molecular weight excluding hydrogens is 274 g/mol. The van der Waals surface area contributed by atoms with E-state index in [2.05, 4.69) is 6.26 Å². The lowest BCUT2D eigenvalue weighted by atomic mass is 9.93. The van der Waals surface area contributed by atoms with E-state index in [-0.39, 0.29) is 17.2 Å².